The second-order valence-corrected chi connectivity index (χ2v) is 13.9. The fraction of sp³-hybridized carbons (Fsp3) is 0.676. The first-order valence-corrected chi connectivity index (χ1v) is 17.1. The summed E-state index contributed by atoms with van der Waals surface area (Å²) in [6.45, 7) is 9.82. The van der Waals surface area contributed by atoms with Gasteiger partial charge in [0.1, 0.15) is 17.9 Å². The predicted octanol–water partition coefficient (Wildman–Crippen LogP) is 5.84. The molecule has 0 saturated carbocycles. The number of aliphatic hydroxyl groups is 1. The summed E-state index contributed by atoms with van der Waals surface area (Å²) in [4.78, 5) is 56.2. The number of fused-ring (bicyclic) bond motifs is 3. The van der Waals surface area contributed by atoms with E-state index >= 15 is 0 Å². The number of ketones is 2. The summed E-state index contributed by atoms with van der Waals surface area (Å²) in [7, 11) is 0. The third kappa shape index (κ3) is 8.31. The number of esters is 1. The van der Waals surface area contributed by atoms with E-state index in [9.17, 15) is 24.3 Å². The molecular formula is C37H53NO7. The third-order valence-electron chi connectivity index (χ3n) is 10.4. The molecule has 9 atom stereocenters. The molecule has 0 spiro atoms. The summed E-state index contributed by atoms with van der Waals surface area (Å²) in [6, 6.07) is 9.26. The van der Waals surface area contributed by atoms with Crippen molar-refractivity contribution in [2.45, 2.75) is 123 Å². The molecule has 45 heavy (non-hydrogen) atoms. The van der Waals surface area contributed by atoms with Gasteiger partial charge in [0.15, 0.2) is 0 Å². The topological polar surface area (TPSA) is 110 Å². The first-order valence-electron chi connectivity index (χ1n) is 17.1. The number of cyclic esters (lactones) is 1. The second-order valence-electron chi connectivity index (χ2n) is 13.9. The maximum atomic E-state index is 13.9. The Morgan fingerprint density at radius 1 is 0.956 bits per heavy atom. The van der Waals surface area contributed by atoms with Crippen LogP contribution in [0.2, 0.25) is 0 Å². The normalized spacial score (nSPS) is 35.8. The van der Waals surface area contributed by atoms with Gasteiger partial charge in [-0.25, -0.2) is 4.79 Å². The molecule has 3 aliphatic heterocycles. The van der Waals surface area contributed by atoms with Gasteiger partial charge in [0.05, 0.1) is 6.10 Å². The van der Waals surface area contributed by atoms with Crippen LogP contribution in [0.5, 0.6) is 0 Å². The molecule has 8 nitrogen and oxygen atoms in total. The Morgan fingerprint density at radius 2 is 1.67 bits per heavy atom. The van der Waals surface area contributed by atoms with Crippen molar-refractivity contribution in [1.29, 1.82) is 0 Å². The summed E-state index contributed by atoms with van der Waals surface area (Å²) in [6.07, 6.45) is 9.34. The standard InChI is InChI=1S/C37H53NO7/c1-6-29(23-28-16-8-7-9-17-28)32-22-24(2)14-10-11-15-25(3)33(39)27(5)31-20-19-26(4)37(43,45-31)34(40)35(41)38-21-13-12-18-30(38)36(42)44-32/h7-11,16-17,24-27,29-32,43H,6,12-15,18-23H2,1-5H3/b11-10+/t24?,25-,26?,27+,29-,30+,31+,32+,37-/m1/s1. The van der Waals surface area contributed by atoms with Crippen LogP contribution in [0.4, 0.5) is 0 Å². The number of amides is 1. The van der Waals surface area contributed by atoms with Crippen LogP contribution in [-0.2, 0) is 35.1 Å². The summed E-state index contributed by atoms with van der Waals surface area (Å²) >= 11 is 0. The number of nitrogens with zero attached hydrogens (tertiary/aromatic N) is 1. The van der Waals surface area contributed by atoms with Crippen LogP contribution in [0.15, 0.2) is 42.5 Å². The minimum absolute atomic E-state index is 0.00754. The lowest BCUT2D eigenvalue weighted by molar-refractivity contribution is -0.268. The SMILES string of the molecule is CC[C@H](Cc1ccccc1)[C@@H]1CC(C)C/C=C/C[C@@H](C)C(=O)[C@@H](C)[C@@H]2CCC(C)[C@@](O)(O2)C(=O)C(=O)N2CCCC[C@H]2C(=O)O1. The van der Waals surface area contributed by atoms with Crippen molar-refractivity contribution < 1.29 is 33.8 Å². The molecule has 1 amide bonds. The number of allylic oxidation sites excluding steroid dienone is 2. The van der Waals surface area contributed by atoms with Crippen LogP contribution in [-0.4, -0.2) is 64.0 Å². The first kappa shape index (κ1) is 35.0. The molecule has 2 fully saturated rings. The molecule has 2 saturated heterocycles. The minimum atomic E-state index is -2.37. The van der Waals surface area contributed by atoms with Gasteiger partial charge in [-0.3, -0.25) is 14.4 Å². The van der Waals surface area contributed by atoms with Gasteiger partial charge in [-0.1, -0.05) is 77.1 Å². The highest BCUT2D eigenvalue weighted by molar-refractivity contribution is 6.39. The lowest BCUT2D eigenvalue weighted by Crippen LogP contribution is -2.61. The van der Waals surface area contributed by atoms with E-state index in [2.05, 4.69) is 32.1 Å². The summed E-state index contributed by atoms with van der Waals surface area (Å²) in [5, 5.41) is 11.6. The maximum absolute atomic E-state index is 13.9. The van der Waals surface area contributed by atoms with Crippen molar-refractivity contribution in [2.75, 3.05) is 6.54 Å². The van der Waals surface area contributed by atoms with E-state index in [1.807, 2.05) is 31.2 Å². The summed E-state index contributed by atoms with van der Waals surface area (Å²) in [5.41, 5.74) is 1.17. The van der Waals surface area contributed by atoms with E-state index in [-0.39, 0.29) is 36.2 Å². The van der Waals surface area contributed by atoms with Gasteiger partial charge in [-0.2, -0.15) is 0 Å². The molecule has 0 aromatic heterocycles. The number of rotatable bonds is 4. The number of carbonyl (C=O) groups is 4. The average molecular weight is 624 g/mol. The highest BCUT2D eigenvalue weighted by Crippen LogP contribution is 2.38. The lowest BCUT2D eigenvalue weighted by atomic mass is 9.81. The van der Waals surface area contributed by atoms with Gasteiger partial charge >= 0.3 is 5.97 Å². The fourth-order valence-electron chi connectivity index (χ4n) is 7.24. The van der Waals surface area contributed by atoms with Crippen LogP contribution >= 0.6 is 0 Å². The molecule has 3 heterocycles. The van der Waals surface area contributed by atoms with E-state index < -0.39 is 47.4 Å². The van der Waals surface area contributed by atoms with Gasteiger partial charge < -0.3 is 19.5 Å². The Morgan fingerprint density at radius 3 is 2.38 bits per heavy atom. The van der Waals surface area contributed by atoms with Crippen LogP contribution in [0.3, 0.4) is 0 Å². The molecule has 2 unspecified atom stereocenters. The van der Waals surface area contributed by atoms with Gasteiger partial charge in [-0.15, -0.1) is 0 Å². The largest absolute Gasteiger partial charge is 0.461 e. The number of Topliss-reactive ketones (excluding diaryl/α,β-unsaturated/α-hetero) is 2. The number of ether oxygens (including phenoxy) is 2. The fourth-order valence-corrected chi connectivity index (χ4v) is 7.24. The zero-order chi connectivity index (χ0) is 32.7. The first-order chi connectivity index (χ1) is 21.5. The number of hydrogen-bond donors (Lipinski definition) is 1. The Kier molecular flexibility index (Phi) is 12.2. The van der Waals surface area contributed by atoms with E-state index in [0.29, 0.717) is 38.5 Å². The van der Waals surface area contributed by atoms with Crippen LogP contribution in [0.25, 0.3) is 0 Å². The smallest absolute Gasteiger partial charge is 0.329 e. The minimum Gasteiger partial charge on any atom is -0.461 e. The van der Waals surface area contributed by atoms with Gasteiger partial charge in [0, 0.05) is 24.3 Å². The highest BCUT2D eigenvalue weighted by Gasteiger charge is 2.54. The molecule has 1 aromatic carbocycles. The Labute approximate surface area is 268 Å². The van der Waals surface area contributed by atoms with Crippen LogP contribution in [0, 0.1) is 29.6 Å². The maximum Gasteiger partial charge on any atom is 0.329 e. The van der Waals surface area contributed by atoms with E-state index in [1.165, 1.54) is 10.5 Å². The molecule has 3 aliphatic rings. The second kappa shape index (κ2) is 15.6. The average Bonchev–Trinajstić information content (AvgIpc) is 3.05. The number of benzene rings is 1. The molecule has 1 aromatic rings. The molecule has 4 rings (SSSR count). The third-order valence-corrected chi connectivity index (χ3v) is 10.4. The van der Waals surface area contributed by atoms with Crippen molar-refractivity contribution in [3.05, 3.63) is 48.0 Å². The molecule has 0 aliphatic carbocycles. The summed E-state index contributed by atoms with van der Waals surface area (Å²) in [5.74, 6) is -6.04. The van der Waals surface area contributed by atoms with Gasteiger partial charge in [0.25, 0.3) is 11.7 Å². The van der Waals surface area contributed by atoms with E-state index in [1.54, 1.807) is 13.8 Å². The van der Waals surface area contributed by atoms with Gasteiger partial charge in [0.2, 0.25) is 5.79 Å². The molecular weight excluding hydrogens is 570 g/mol. The number of hydrogen-bond acceptors (Lipinski definition) is 7. The molecule has 1 N–H and O–H groups in total. The predicted molar refractivity (Wildman–Crippen MR) is 172 cm³/mol. The monoisotopic (exact) mass is 623 g/mol. The van der Waals surface area contributed by atoms with Crippen molar-refractivity contribution in [3.63, 3.8) is 0 Å². The van der Waals surface area contributed by atoms with Crippen molar-refractivity contribution in [3.8, 4) is 0 Å². The quantitative estimate of drug-likeness (QED) is 0.255. The molecule has 2 bridgehead atoms. The Bertz CT molecular complexity index is 1210. The van der Waals surface area contributed by atoms with E-state index in [0.717, 1.165) is 25.7 Å². The van der Waals surface area contributed by atoms with Crippen LogP contribution < -0.4 is 0 Å². The molecule has 8 heteroatoms. The van der Waals surface area contributed by atoms with E-state index in [4.69, 9.17) is 9.47 Å². The number of carbonyl (C=O) groups excluding carboxylic acids is 4. The molecule has 248 valence electrons. The highest BCUT2D eigenvalue weighted by atomic mass is 16.6. The zero-order valence-electron chi connectivity index (χ0n) is 27.8. The Hall–Kier alpha value is -2.84. The summed E-state index contributed by atoms with van der Waals surface area (Å²) < 4.78 is 12.3. The van der Waals surface area contributed by atoms with Crippen LogP contribution in [0.1, 0.15) is 98.0 Å². The lowest BCUT2D eigenvalue weighted by Gasteiger charge is -2.43. The molecule has 0 radical (unpaired) electrons. The van der Waals surface area contributed by atoms with Crippen molar-refractivity contribution in [2.24, 2.45) is 29.6 Å². The van der Waals surface area contributed by atoms with Gasteiger partial charge in [-0.05, 0) is 81.6 Å². The Balaban J connectivity index is 1.67. The number of piperidine rings is 1. The van der Waals surface area contributed by atoms with Crippen molar-refractivity contribution >= 4 is 23.4 Å². The zero-order valence-corrected chi connectivity index (χ0v) is 27.8. The van der Waals surface area contributed by atoms with Crippen molar-refractivity contribution in [1.82, 2.24) is 4.90 Å².